The second-order valence-electron chi connectivity index (χ2n) is 4.35. The summed E-state index contributed by atoms with van der Waals surface area (Å²) >= 11 is 8.21. The van der Waals surface area contributed by atoms with Gasteiger partial charge in [-0.05, 0) is 46.7 Å². The number of H-pyrrole nitrogens is 1. The van der Waals surface area contributed by atoms with E-state index in [1.165, 1.54) is 12.1 Å². The number of hydrogen-bond donors (Lipinski definition) is 1. The fourth-order valence-corrected chi connectivity index (χ4v) is 3.04. The summed E-state index contributed by atoms with van der Waals surface area (Å²) in [5, 5.41) is 0. The van der Waals surface area contributed by atoms with Crippen molar-refractivity contribution in [1.29, 1.82) is 0 Å². The Kier molecular flexibility index (Phi) is 2.86. The van der Waals surface area contributed by atoms with E-state index < -0.39 is 11.6 Å². The van der Waals surface area contributed by atoms with Crippen LogP contribution in [0.3, 0.4) is 0 Å². The molecule has 0 fully saturated rings. The fourth-order valence-electron chi connectivity index (χ4n) is 2.45. The van der Waals surface area contributed by atoms with E-state index in [0.29, 0.717) is 22.2 Å². The Morgan fingerprint density at radius 3 is 2.89 bits per heavy atom. The number of aromatic amines is 1. The lowest BCUT2D eigenvalue weighted by Gasteiger charge is -2.12. The minimum atomic E-state index is -0.513. The van der Waals surface area contributed by atoms with E-state index in [9.17, 15) is 8.78 Å². The van der Waals surface area contributed by atoms with Gasteiger partial charge in [0.25, 0.3) is 0 Å². The highest BCUT2D eigenvalue weighted by atomic mass is 79.9. The molecule has 94 valence electrons. The van der Waals surface area contributed by atoms with Crippen molar-refractivity contribution in [1.82, 2.24) is 9.55 Å². The number of imidazole rings is 1. The highest BCUT2D eigenvalue weighted by molar-refractivity contribution is 9.10. The molecule has 0 bridgehead atoms. The van der Waals surface area contributed by atoms with E-state index in [1.807, 2.05) is 4.57 Å². The molecule has 2 nitrogen and oxygen atoms in total. The molecule has 0 saturated heterocycles. The summed E-state index contributed by atoms with van der Waals surface area (Å²) in [5.41, 5.74) is 1.13. The van der Waals surface area contributed by atoms with Gasteiger partial charge in [0, 0.05) is 29.9 Å². The van der Waals surface area contributed by atoms with E-state index in [0.717, 1.165) is 5.69 Å². The zero-order chi connectivity index (χ0) is 12.9. The molecule has 18 heavy (non-hydrogen) atoms. The molecular weight excluding hydrogens is 322 g/mol. The van der Waals surface area contributed by atoms with Gasteiger partial charge in [0.2, 0.25) is 0 Å². The maximum Gasteiger partial charge on any atom is 0.177 e. The highest BCUT2D eigenvalue weighted by Crippen LogP contribution is 2.35. The van der Waals surface area contributed by atoms with Crippen LogP contribution in [0.1, 0.15) is 17.2 Å². The molecule has 0 saturated carbocycles. The Hall–Kier alpha value is -1.01. The molecule has 0 aliphatic carbocycles. The Morgan fingerprint density at radius 2 is 2.17 bits per heavy atom. The van der Waals surface area contributed by atoms with Gasteiger partial charge in [0.1, 0.15) is 11.6 Å². The third-order valence-corrected chi connectivity index (χ3v) is 4.25. The smallest absolute Gasteiger partial charge is 0.177 e. The van der Waals surface area contributed by atoms with Crippen molar-refractivity contribution in [3.05, 3.63) is 50.5 Å². The molecule has 0 spiro atoms. The highest BCUT2D eigenvalue weighted by Gasteiger charge is 2.29. The van der Waals surface area contributed by atoms with Crippen LogP contribution in [-0.4, -0.2) is 9.55 Å². The molecule has 2 heterocycles. The predicted octanol–water partition coefficient (Wildman–Crippen LogP) is 3.93. The number of nitrogens with zero attached hydrogens (tertiary/aromatic N) is 1. The van der Waals surface area contributed by atoms with Gasteiger partial charge in [0.15, 0.2) is 4.77 Å². The van der Waals surface area contributed by atoms with Crippen molar-refractivity contribution in [3.63, 3.8) is 0 Å². The number of aromatic nitrogens is 2. The molecule has 0 amide bonds. The van der Waals surface area contributed by atoms with Crippen LogP contribution in [0.4, 0.5) is 8.78 Å². The van der Waals surface area contributed by atoms with Crippen LogP contribution in [0.25, 0.3) is 0 Å². The Labute approximate surface area is 116 Å². The SMILES string of the molecule is Fc1ccc(Br)c(F)c1C1Cc2c[nH]c(=S)n2C1. The molecule has 1 aliphatic heterocycles. The minimum absolute atomic E-state index is 0.141. The van der Waals surface area contributed by atoms with Crippen molar-refractivity contribution in [2.75, 3.05) is 0 Å². The predicted molar refractivity (Wildman–Crippen MR) is 70.1 cm³/mol. The molecule has 1 unspecified atom stereocenters. The van der Waals surface area contributed by atoms with Gasteiger partial charge in [0.05, 0.1) is 4.47 Å². The van der Waals surface area contributed by atoms with Crippen LogP contribution in [0, 0.1) is 16.4 Å². The van der Waals surface area contributed by atoms with Gasteiger partial charge in [-0.25, -0.2) is 8.78 Å². The van der Waals surface area contributed by atoms with Crippen LogP contribution in [0.15, 0.2) is 22.8 Å². The van der Waals surface area contributed by atoms with Crippen LogP contribution < -0.4 is 0 Å². The van der Waals surface area contributed by atoms with E-state index in [2.05, 4.69) is 20.9 Å². The number of fused-ring (bicyclic) bond motifs is 1. The normalized spacial score (nSPS) is 18.1. The van der Waals surface area contributed by atoms with Gasteiger partial charge >= 0.3 is 0 Å². The van der Waals surface area contributed by atoms with Crippen LogP contribution in [-0.2, 0) is 13.0 Å². The number of halogens is 3. The van der Waals surface area contributed by atoms with Crippen LogP contribution >= 0.6 is 28.1 Å². The van der Waals surface area contributed by atoms with Gasteiger partial charge < -0.3 is 9.55 Å². The lowest BCUT2D eigenvalue weighted by molar-refractivity contribution is 0.509. The van der Waals surface area contributed by atoms with Crippen LogP contribution in [0.5, 0.6) is 0 Å². The van der Waals surface area contributed by atoms with E-state index in [1.54, 1.807) is 6.20 Å². The van der Waals surface area contributed by atoms with Crippen molar-refractivity contribution in [2.24, 2.45) is 0 Å². The fraction of sp³-hybridized carbons (Fsp3) is 0.250. The molecule has 1 aliphatic rings. The molecule has 6 heteroatoms. The number of hydrogen-bond acceptors (Lipinski definition) is 1. The molecule has 3 rings (SSSR count). The first-order valence-electron chi connectivity index (χ1n) is 5.48. The average Bonchev–Trinajstić information content (AvgIpc) is 2.88. The van der Waals surface area contributed by atoms with Crippen molar-refractivity contribution >= 4 is 28.1 Å². The molecule has 1 aromatic heterocycles. The first-order valence-corrected chi connectivity index (χ1v) is 6.68. The van der Waals surface area contributed by atoms with Gasteiger partial charge in [-0.15, -0.1) is 0 Å². The average molecular weight is 331 g/mol. The lowest BCUT2D eigenvalue weighted by atomic mass is 9.96. The zero-order valence-corrected chi connectivity index (χ0v) is 11.6. The maximum atomic E-state index is 14.0. The second kappa shape index (κ2) is 4.28. The topological polar surface area (TPSA) is 20.7 Å². The molecule has 1 aromatic carbocycles. The summed E-state index contributed by atoms with van der Waals surface area (Å²) in [6, 6.07) is 2.67. The molecule has 1 N–H and O–H groups in total. The first kappa shape index (κ1) is 12.0. The second-order valence-corrected chi connectivity index (χ2v) is 5.59. The summed E-state index contributed by atoms with van der Waals surface area (Å²) < 4.78 is 30.6. The molecule has 0 radical (unpaired) electrons. The van der Waals surface area contributed by atoms with Gasteiger partial charge in [-0.2, -0.15) is 0 Å². The zero-order valence-electron chi connectivity index (χ0n) is 9.21. The lowest BCUT2D eigenvalue weighted by Crippen LogP contribution is -2.07. The number of benzene rings is 1. The Balaban J connectivity index is 2.05. The number of rotatable bonds is 1. The summed E-state index contributed by atoms with van der Waals surface area (Å²) in [4.78, 5) is 2.93. The van der Waals surface area contributed by atoms with Crippen molar-refractivity contribution < 1.29 is 8.78 Å². The van der Waals surface area contributed by atoms with E-state index in [-0.39, 0.29) is 11.5 Å². The largest absolute Gasteiger partial charge is 0.337 e. The summed E-state index contributed by atoms with van der Waals surface area (Å²) in [5.74, 6) is -1.21. The molecule has 2 aromatic rings. The van der Waals surface area contributed by atoms with Crippen molar-refractivity contribution in [3.8, 4) is 0 Å². The maximum absolute atomic E-state index is 14.0. The standard InChI is InChI=1S/C12H9BrF2N2S/c13-8-1-2-9(14)10(11(8)15)6-3-7-4-16-12(18)17(7)5-6/h1-2,4,6H,3,5H2,(H,16,18). The first-order chi connectivity index (χ1) is 8.58. The third-order valence-electron chi connectivity index (χ3n) is 3.30. The Morgan fingerprint density at radius 1 is 1.39 bits per heavy atom. The number of nitrogens with one attached hydrogen (secondary N) is 1. The Bertz CT molecular complexity index is 677. The van der Waals surface area contributed by atoms with E-state index >= 15 is 0 Å². The van der Waals surface area contributed by atoms with E-state index in [4.69, 9.17) is 12.2 Å². The monoisotopic (exact) mass is 330 g/mol. The molecular formula is C12H9BrF2N2S. The summed E-state index contributed by atoms with van der Waals surface area (Å²) in [6.45, 7) is 0.516. The quantitative estimate of drug-likeness (QED) is 0.620. The van der Waals surface area contributed by atoms with Crippen molar-refractivity contribution in [2.45, 2.75) is 18.9 Å². The molecule has 1 atom stereocenters. The minimum Gasteiger partial charge on any atom is -0.337 e. The summed E-state index contributed by atoms with van der Waals surface area (Å²) in [6.07, 6.45) is 2.40. The summed E-state index contributed by atoms with van der Waals surface area (Å²) in [7, 11) is 0. The van der Waals surface area contributed by atoms with Gasteiger partial charge in [-0.1, -0.05) is 0 Å². The van der Waals surface area contributed by atoms with Crippen LogP contribution in [0.2, 0.25) is 0 Å². The van der Waals surface area contributed by atoms with Gasteiger partial charge in [-0.3, -0.25) is 0 Å². The third kappa shape index (κ3) is 1.75.